The maximum absolute atomic E-state index is 12.0. The van der Waals surface area contributed by atoms with E-state index in [1.54, 1.807) is 7.11 Å². The van der Waals surface area contributed by atoms with Crippen molar-refractivity contribution in [3.63, 3.8) is 0 Å². The Bertz CT molecular complexity index is 501. The normalized spacial score (nSPS) is 21.2. The zero-order chi connectivity index (χ0) is 15.9. The molecule has 7 heteroatoms. The van der Waals surface area contributed by atoms with Gasteiger partial charge >= 0.3 is 0 Å². The highest BCUT2D eigenvalue weighted by Crippen LogP contribution is 2.26. The molecular formula is C16H25ClN2O4. The number of carbonyl (C=O) groups is 1. The van der Waals surface area contributed by atoms with Gasteiger partial charge in [-0.05, 0) is 31.9 Å². The van der Waals surface area contributed by atoms with Crippen LogP contribution in [0, 0.1) is 0 Å². The molecule has 1 amide bonds. The highest BCUT2D eigenvalue weighted by molar-refractivity contribution is 5.85. The summed E-state index contributed by atoms with van der Waals surface area (Å²) >= 11 is 0. The molecule has 1 saturated heterocycles. The van der Waals surface area contributed by atoms with Gasteiger partial charge in [-0.1, -0.05) is 12.1 Å². The fourth-order valence-corrected chi connectivity index (χ4v) is 2.40. The van der Waals surface area contributed by atoms with E-state index < -0.39 is 6.10 Å². The van der Waals surface area contributed by atoms with Crippen LogP contribution in [-0.2, 0) is 9.53 Å². The molecule has 1 unspecified atom stereocenters. The average Bonchev–Trinajstić information content (AvgIpc) is 3.02. The van der Waals surface area contributed by atoms with Gasteiger partial charge in [0.15, 0.2) is 11.5 Å². The molecule has 0 aromatic heterocycles. The lowest BCUT2D eigenvalue weighted by Gasteiger charge is -2.18. The van der Waals surface area contributed by atoms with E-state index in [0.717, 1.165) is 12.8 Å². The van der Waals surface area contributed by atoms with Gasteiger partial charge in [0.25, 0.3) is 0 Å². The Morgan fingerprint density at radius 3 is 2.70 bits per heavy atom. The number of nitrogens with one attached hydrogen (secondary N) is 1. The van der Waals surface area contributed by atoms with Crippen LogP contribution >= 0.6 is 12.4 Å². The average molecular weight is 345 g/mol. The van der Waals surface area contributed by atoms with Crippen molar-refractivity contribution in [3.8, 4) is 11.5 Å². The number of nitrogens with two attached hydrogens (primary N) is 1. The first-order valence-electron chi connectivity index (χ1n) is 7.57. The lowest BCUT2D eigenvalue weighted by atomic mass is 10.2. The van der Waals surface area contributed by atoms with Crippen LogP contribution in [-0.4, -0.2) is 44.4 Å². The van der Waals surface area contributed by atoms with E-state index in [4.69, 9.17) is 19.9 Å². The molecule has 1 aliphatic rings. The lowest BCUT2D eigenvalue weighted by Crippen LogP contribution is -2.40. The Hall–Kier alpha value is -1.50. The van der Waals surface area contributed by atoms with E-state index in [1.807, 2.05) is 31.2 Å². The zero-order valence-corrected chi connectivity index (χ0v) is 14.3. The minimum atomic E-state index is -0.396. The predicted molar refractivity (Wildman–Crippen MR) is 90.3 cm³/mol. The first-order chi connectivity index (χ1) is 10.6. The smallest absolute Gasteiger partial charge is 0.249 e. The van der Waals surface area contributed by atoms with Crippen molar-refractivity contribution >= 4 is 18.3 Å². The molecule has 1 heterocycles. The summed E-state index contributed by atoms with van der Waals surface area (Å²) in [6, 6.07) is 7.43. The quantitative estimate of drug-likeness (QED) is 0.783. The van der Waals surface area contributed by atoms with Crippen LogP contribution in [0.3, 0.4) is 0 Å². The highest BCUT2D eigenvalue weighted by Gasteiger charge is 2.29. The van der Waals surface area contributed by atoms with E-state index in [1.165, 1.54) is 0 Å². The van der Waals surface area contributed by atoms with Gasteiger partial charge in [-0.2, -0.15) is 0 Å². The number of hydrogen-bond acceptors (Lipinski definition) is 5. The number of rotatable bonds is 7. The van der Waals surface area contributed by atoms with E-state index in [0.29, 0.717) is 24.6 Å². The molecule has 0 spiro atoms. The number of methoxy groups -OCH3 is 1. The van der Waals surface area contributed by atoms with Crippen LogP contribution in [0.4, 0.5) is 0 Å². The van der Waals surface area contributed by atoms with Crippen molar-refractivity contribution in [2.75, 3.05) is 20.2 Å². The largest absolute Gasteiger partial charge is 0.493 e. The highest BCUT2D eigenvalue weighted by atomic mass is 35.5. The Morgan fingerprint density at radius 1 is 1.39 bits per heavy atom. The van der Waals surface area contributed by atoms with Gasteiger partial charge in [0.1, 0.15) is 12.2 Å². The minimum Gasteiger partial charge on any atom is -0.493 e. The first kappa shape index (κ1) is 19.5. The van der Waals surface area contributed by atoms with Gasteiger partial charge < -0.3 is 25.3 Å². The van der Waals surface area contributed by atoms with Crippen LogP contribution in [0.1, 0.15) is 19.8 Å². The number of amides is 1. The maximum Gasteiger partial charge on any atom is 0.249 e. The summed E-state index contributed by atoms with van der Waals surface area (Å²) in [6.07, 6.45) is 0.981. The second-order valence-electron chi connectivity index (χ2n) is 5.38. The van der Waals surface area contributed by atoms with E-state index >= 15 is 0 Å². The van der Waals surface area contributed by atoms with Crippen LogP contribution in [0.2, 0.25) is 0 Å². The van der Waals surface area contributed by atoms with Crippen LogP contribution in [0.25, 0.3) is 0 Å². The van der Waals surface area contributed by atoms with Crippen LogP contribution in [0.5, 0.6) is 11.5 Å². The molecule has 1 fully saturated rings. The molecule has 23 heavy (non-hydrogen) atoms. The fourth-order valence-electron chi connectivity index (χ4n) is 2.40. The molecule has 0 radical (unpaired) electrons. The molecule has 6 nitrogen and oxygen atoms in total. The summed E-state index contributed by atoms with van der Waals surface area (Å²) in [6.45, 7) is 2.76. The Kier molecular flexibility index (Phi) is 8.16. The summed E-state index contributed by atoms with van der Waals surface area (Å²) in [5.41, 5.74) is 5.54. The number of halogens is 1. The fraction of sp³-hybridized carbons (Fsp3) is 0.562. The minimum absolute atomic E-state index is 0. The molecule has 2 rings (SSSR count). The molecule has 3 atom stereocenters. The van der Waals surface area contributed by atoms with Gasteiger partial charge in [-0.15, -0.1) is 12.4 Å². The Balaban J connectivity index is 0.00000264. The summed E-state index contributed by atoms with van der Waals surface area (Å²) < 4.78 is 16.6. The van der Waals surface area contributed by atoms with Crippen molar-refractivity contribution < 1.29 is 19.0 Å². The molecule has 1 aromatic carbocycles. The molecule has 1 aromatic rings. The first-order valence-corrected chi connectivity index (χ1v) is 7.57. The maximum atomic E-state index is 12.0. The van der Waals surface area contributed by atoms with Gasteiger partial charge in [-0.3, -0.25) is 4.79 Å². The number of ether oxygens (including phenoxy) is 3. The zero-order valence-electron chi connectivity index (χ0n) is 13.5. The molecule has 0 bridgehead atoms. The molecule has 1 aliphatic heterocycles. The van der Waals surface area contributed by atoms with Gasteiger partial charge in [0, 0.05) is 6.54 Å². The van der Waals surface area contributed by atoms with E-state index in [2.05, 4.69) is 5.32 Å². The predicted octanol–water partition coefficient (Wildman–Crippen LogP) is 1.51. The number of hydrogen-bond donors (Lipinski definition) is 2. The molecule has 0 saturated carbocycles. The van der Waals surface area contributed by atoms with Crippen molar-refractivity contribution in [3.05, 3.63) is 24.3 Å². The SMILES string of the molecule is COc1ccccc1OC(C)CNC(=O)[C@@H]1CC[C@H](CN)O1.Cl. The van der Waals surface area contributed by atoms with Gasteiger partial charge in [0.05, 0.1) is 19.8 Å². The summed E-state index contributed by atoms with van der Waals surface area (Å²) in [7, 11) is 1.60. The lowest BCUT2D eigenvalue weighted by molar-refractivity contribution is -0.132. The molecule has 130 valence electrons. The topological polar surface area (TPSA) is 82.8 Å². The monoisotopic (exact) mass is 344 g/mol. The van der Waals surface area contributed by atoms with Crippen molar-refractivity contribution in [1.82, 2.24) is 5.32 Å². The van der Waals surface area contributed by atoms with E-state index in [9.17, 15) is 4.79 Å². The molecule has 3 N–H and O–H groups in total. The third-order valence-electron chi connectivity index (χ3n) is 3.62. The number of carbonyl (C=O) groups excluding carboxylic acids is 1. The van der Waals surface area contributed by atoms with Crippen LogP contribution in [0.15, 0.2) is 24.3 Å². The summed E-state index contributed by atoms with van der Waals surface area (Å²) in [5.74, 6) is 1.23. The third-order valence-corrected chi connectivity index (χ3v) is 3.62. The van der Waals surface area contributed by atoms with E-state index in [-0.39, 0.29) is 30.5 Å². The Morgan fingerprint density at radius 2 is 2.09 bits per heavy atom. The van der Waals surface area contributed by atoms with Crippen molar-refractivity contribution in [2.24, 2.45) is 5.73 Å². The van der Waals surface area contributed by atoms with Gasteiger partial charge in [-0.25, -0.2) is 0 Å². The second kappa shape index (κ2) is 9.60. The number of para-hydroxylation sites is 2. The third kappa shape index (κ3) is 5.57. The summed E-state index contributed by atoms with van der Waals surface area (Å²) in [4.78, 5) is 12.0. The summed E-state index contributed by atoms with van der Waals surface area (Å²) in [5, 5.41) is 2.86. The Labute approximate surface area is 143 Å². The van der Waals surface area contributed by atoms with Crippen LogP contribution < -0.4 is 20.5 Å². The number of benzene rings is 1. The van der Waals surface area contributed by atoms with Gasteiger partial charge in [0.2, 0.25) is 5.91 Å². The molecule has 0 aliphatic carbocycles. The molecular weight excluding hydrogens is 320 g/mol. The second-order valence-corrected chi connectivity index (χ2v) is 5.38. The standard InChI is InChI=1S/C16H24N2O4.ClH/c1-11(21-14-6-4-3-5-13(14)20-2)10-18-16(19)15-8-7-12(9-17)22-15;/h3-6,11-12,15H,7-10,17H2,1-2H3,(H,18,19);1H/t11?,12-,15+;/m1./s1. The van der Waals surface area contributed by atoms with Crippen molar-refractivity contribution in [1.29, 1.82) is 0 Å². The van der Waals surface area contributed by atoms with Crippen molar-refractivity contribution in [2.45, 2.75) is 38.1 Å².